The molecule has 0 saturated carbocycles. The summed E-state index contributed by atoms with van der Waals surface area (Å²) in [4.78, 5) is 1.26. The molecule has 0 radical (unpaired) electrons. The zero-order valence-corrected chi connectivity index (χ0v) is 11.0. The molecular formula is C13H14ClNS. The molecule has 0 bridgehead atoms. The van der Waals surface area contributed by atoms with Crippen molar-refractivity contribution >= 4 is 28.6 Å². The predicted octanol–water partition coefficient (Wildman–Crippen LogP) is 4.63. The van der Waals surface area contributed by atoms with Gasteiger partial charge in [0.15, 0.2) is 0 Å². The van der Waals surface area contributed by atoms with Gasteiger partial charge in [-0.2, -0.15) is 0 Å². The molecule has 0 fully saturated rings. The van der Waals surface area contributed by atoms with Gasteiger partial charge >= 0.3 is 0 Å². The van der Waals surface area contributed by atoms with Crippen molar-refractivity contribution in [1.29, 1.82) is 0 Å². The molecule has 1 N–H and O–H groups in total. The molecule has 0 spiro atoms. The Morgan fingerprint density at radius 2 is 2.12 bits per heavy atom. The van der Waals surface area contributed by atoms with Crippen LogP contribution < -0.4 is 5.32 Å². The van der Waals surface area contributed by atoms with E-state index in [1.54, 1.807) is 11.3 Å². The van der Waals surface area contributed by atoms with Crippen molar-refractivity contribution in [3.05, 3.63) is 50.7 Å². The van der Waals surface area contributed by atoms with Crippen molar-refractivity contribution in [2.24, 2.45) is 0 Å². The Morgan fingerprint density at radius 1 is 1.31 bits per heavy atom. The Labute approximate surface area is 105 Å². The molecule has 0 atom stereocenters. The maximum Gasteiger partial charge on any atom is 0.0516 e. The third-order valence-corrected chi connectivity index (χ3v) is 3.96. The van der Waals surface area contributed by atoms with Gasteiger partial charge in [-0.05, 0) is 37.1 Å². The lowest BCUT2D eigenvalue weighted by Crippen LogP contribution is -2.00. The summed E-state index contributed by atoms with van der Waals surface area (Å²) in [6, 6.07) is 8.32. The highest BCUT2D eigenvalue weighted by molar-refractivity contribution is 7.10. The maximum absolute atomic E-state index is 5.88. The monoisotopic (exact) mass is 251 g/mol. The number of hydrogen-bond acceptors (Lipinski definition) is 2. The molecule has 0 saturated heterocycles. The highest BCUT2D eigenvalue weighted by Gasteiger charge is 2.01. The minimum atomic E-state index is 0.822. The van der Waals surface area contributed by atoms with E-state index in [0.29, 0.717) is 0 Å². The third kappa shape index (κ3) is 2.57. The predicted molar refractivity (Wildman–Crippen MR) is 72.6 cm³/mol. The fraction of sp³-hybridized carbons (Fsp3) is 0.231. The van der Waals surface area contributed by atoms with Gasteiger partial charge in [-0.3, -0.25) is 0 Å². The van der Waals surface area contributed by atoms with Gasteiger partial charge in [-0.15, -0.1) is 11.3 Å². The highest BCUT2D eigenvalue weighted by Crippen LogP contribution is 2.22. The number of anilines is 1. The number of halogens is 1. The molecule has 1 aromatic heterocycles. The van der Waals surface area contributed by atoms with E-state index in [9.17, 15) is 0 Å². The van der Waals surface area contributed by atoms with Crippen LogP contribution in [-0.2, 0) is 6.54 Å². The molecular weight excluding hydrogens is 238 g/mol. The Morgan fingerprint density at radius 3 is 2.81 bits per heavy atom. The summed E-state index contributed by atoms with van der Waals surface area (Å²) < 4.78 is 0. The van der Waals surface area contributed by atoms with Gasteiger partial charge in [0, 0.05) is 22.5 Å². The van der Waals surface area contributed by atoms with Crippen LogP contribution in [-0.4, -0.2) is 0 Å². The standard InChI is InChI=1S/C13H14ClNS/c1-9-4-3-5-13(10(9)2)15-7-12-6-11(14)8-16-12/h3-6,8,15H,7H2,1-2H3. The van der Waals surface area contributed by atoms with Crippen molar-refractivity contribution in [2.45, 2.75) is 20.4 Å². The molecule has 1 heterocycles. The first kappa shape index (κ1) is 11.5. The Kier molecular flexibility index (Phi) is 3.52. The maximum atomic E-state index is 5.88. The molecule has 84 valence electrons. The van der Waals surface area contributed by atoms with Crippen LogP contribution in [0.5, 0.6) is 0 Å². The van der Waals surface area contributed by atoms with E-state index in [0.717, 1.165) is 11.6 Å². The zero-order valence-electron chi connectivity index (χ0n) is 9.38. The summed E-state index contributed by atoms with van der Waals surface area (Å²) >= 11 is 7.57. The van der Waals surface area contributed by atoms with E-state index in [-0.39, 0.29) is 0 Å². The van der Waals surface area contributed by atoms with Crippen LogP contribution in [0.2, 0.25) is 5.02 Å². The Balaban J connectivity index is 2.07. The van der Waals surface area contributed by atoms with E-state index in [2.05, 4.69) is 37.4 Å². The first-order valence-electron chi connectivity index (χ1n) is 5.20. The van der Waals surface area contributed by atoms with E-state index >= 15 is 0 Å². The SMILES string of the molecule is Cc1cccc(NCc2cc(Cl)cs2)c1C. The molecule has 2 aromatic rings. The summed E-state index contributed by atoms with van der Waals surface area (Å²) in [6.45, 7) is 5.10. The Bertz CT molecular complexity index is 490. The van der Waals surface area contributed by atoms with Crippen molar-refractivity contribution in [3.8, 4) is 0 Å². The van der Waals surface area contributed by atoms with E-state index in [1.165, 1.54) is 21.7 Å². The van der Waals surface area contributed by atoms with Gasteiger partial charge in [0.2, 0.25) is 0 Å². The van der Waals surface area contributed by atoms with Crippen LogP contribution in [0.25, 0.3) is 0 Å². The van der Waals surface area contributed by atoms with Gasteiger partial charge in [-0.25, -0.2) is 0 Å². The van der Waals surface area contributed by atoms with Crippen molar-refractivity contribution < 1.29 is 0 Å². The zero-order chi connectivity index (χ0) is 11.5. The molecule has 16 heavy (non-hydrogen) atoms. The Hall–Kier alpha value is -0.990. The average Bonchev–Trinajstić information content (AvgIpc) is 2.67. The van der Waals surface area contributed by atoms with Crippen LogP contribution in [0.1, 0.15) is 16.0 Å². The van der Waals surface area contributed by atoms with Crippen LogP contribution in [0.3, 0.4) is 0 Å². The summed E-state index contributed by atoms with van der Waals surface area (Å²) in [5.74, 6) is 0. The number of benzene rings is 1. The molecule has 2 rings (SSSR count). The molecule has 1 nitrogen and oxygen atoms in total. The molecule has 0 aliphatic heterocycles. The molecule has 0 aliphatic rings. The van der Waals surface area contributed by atoms with Crippen molar-refractivity contribution in [1.82, 2.24) is 0 Å². The number of thiophene rings is 1. The second-order valence-corrected chi connectivity index (χ2v) is 5.26. The molecule has 0 unspecified atom stereocenters. The third-order valence-electron chi connectivity index (χ3n) is 2.68. The first-order chi connectivity index (χ1) is 7.66. The molecule has 3 heteroatoms. The van der Waals surface area contributed by atoms with E-state index < -0.39 is 0 Å². The van der Waals surface area contributed by atoms with Gasteiger partial charge in [0.05, 0.1) is 5.02 Å². The quantitative estimate of drug-likeness (QED) is 0.839. The summed E-state index contributed by atoms with van der Waals surface area (Å²) in [5.41, 5.74) is 3.82. The van der Waals surface area contributed by atoms with Gasteiger partial charge in [-0.1, -0.05) is 23.7 Å². The smallest absolute Gasteiger partial charge is 0.0516 e. The average molecular weight is 252 g/mol. The van der Waals surface area contributed by atoms with E-state index in [1.807, 2.05) is 11.4 Å². The molecule has 0 amide bonds. The van der Waals surface area contributed by atoms with Crippen molar-refractivity contribution in [3.63, 3.8) is 0 Å². The minimum absolute atomic E-state index is 0.822. The van der Waals surface area contributed by atoms with Crippen molar-refractivity contribution in [2.75, 3.05) is 5.32 Å². The van der Waals surface area contributed by atoms with Crippen LogP contribution in [0.4, 0.5) is 5.69 Å². The minimum Gasteiger partial charge on any atom is -0.380 e. The highest BCUT2D eigenvalue weighted by atomic mass is 35.5. The van der Waals surface area contributed by atoms with Gasteiger partial charge in [0.1, 0.15) is 0 Å². The number of aryl methyl sites for hydroxylation is 1. The van der Waals surface area contributed by atoms with Gasteiger partial charge in [0.25, 0.3) is 0 Å². The molecule has 0 aliphatic carbocycles. The van der Waals surface area contributed by atoms with Gasteiger partial charge < -0.3 is 5.32 Å². The fourth-order valence-electron chi connectivity index (χ4n) is 1.57. The number of rotatable bonds is 3. The summed E-state index contributed by atoms with van der Waals surface area (Å²) in [7, 11) is 0. The number of hydrogen-bond donors (Lipinski definition) is 1. The second kappa shape index (κ2) is 4.89. The lowest BCUT2D eigenvalue weighted by molar-refractivity contribution is 1.17. The summed E-state index contributed by atoms with van der Waals surface area (Å²) in [5, 5.41) is 6.22. The second-order valence-electron chi connectivity index (χ2n) is 3.83. The normalized spacial score (nSPS) is 10.4. The topological polar surface area (TPSA) is 12.0 Å². The largest absolute Gasteiger partial charge is 0.380 e. The fourth-order valence-corrected chi connectivity index (χ4v) is 2.58. The van der Waals surface area contributed by atoms with E-state index in [4.69, 9.17) is 11.6 Å². The van der Waals surface area contributed by atoms with Crippen LogP contribution >= 0.6 is 22.9 Å². The number of nitrogens with one attached hydrogen (secondary N) is 1. The lowest BCUT2D eigenvalue weighted by atomic mass is 10.1. The molecule has 1 aromatic carbocycles. The summed E-state index contributed by atoms with van der Waals surface area (Å²) in [6.07, 6.45) is 0. The lowest BCUT2D eigenvalue weighted by Gasteiger charge is -2.10. The van der Waals surface area contributed by atoms with Crippen LogP contribution in [0, 0.1) is 13.8 Å². The van der Waals surface area contributed by atoms with Crippen LogP contribution in [0.15, 0.2) is 29.6 Å². The first-order valence-corrected chi connectivity index (χ1v) is 6.45.